The Labute approximate surface area is 137 Å². The van der Waals surface area contributed by atoms with Crippen molar-refractivity contribution < 1.29 is 9.90 Å². The Bertz CT molecular complexity index is 1040. The van der Waals surface area contributed by atoms with Crippen molar-refractivity contribution in [1.29, 1.82) is 0 Å². The van der Waals surface area contributed by atoms with Crippen molar-refractivity contribution in [3.8, 4) is 5.69 Å². The van der Waals surface area contributed by atoms with Crippen molar-refractivity contribution >= 4 is 39.1 Å². The fraction of sp³-hybridized carbons (Fsp3) is 0. The zero-order chi connectivity index (χ0) is 16.8. The van der Waals surface area contributed by atoms with Gasteiger partial charge in [0.05, 0.1) is 16.6 Å². The summed E-state index contributed by atoms with van der Waals surface area (Å²) in [6.45, 7) is 0. The molecular weight excluding hydrogens is 302 g/mol. The highest BCUT2D eigenvalue weighted by atomic mass is 16.4. The topological polar surface area (TPSA) is 94.3 Å². The van der Waals surface area contributed by atoms with Gasteiger partial charge in [0.2, 0.25) is 0 Å². The lowest BCUT2D eigenvalue weighted by Gasteiger charge is -2.08. The molecule has 1 heterocycles. The van der Waals surface area contributed by atoms with Crippen molar-refractivity contribution in [3.05, 3.63) is 66.2 Å². The number of rotatable bonds is 2. The maximum absolute atomic E-state index is 11.1. The summed E-state index contributed by atoms with van der Waals surface area (Å²) in [4.78, 5) is 11.1. The second kappa shape index (κ2) is 5.03. The maximum Gasteiger partial charge on any atom is 0.335 e. The smallest absolute Gasteiger partial charge is 0.335 e. The number of carbonyl (C=O) groups is 1. The summed E-state index contributed by atoms with van der Waals surface area (Å²) >= 11 is 0. The van der Waals surface area contributed by atoms with Crippen LogP contribution in [0.1, 0.15) is 10.4 Å². The summed E-state index contributed by atoms with van der Waals surface area (Å²) in [5.41, 5.74) is 16.4. The highest BCUT2D eigenvalue weighted by molar-refractivity contribution is 6.11. The summed E-state index contributed by atoms with van der Waals surface area (Å²) < 4.78 is 2.08. The lowest BCUT2D eigenvalue weighted by molar-refractivity contribution is 0.0697. The number of fused-ring (bicyclic) bond motifs is 3. The second-order valence-corrected chi connectivity index (χ2v) is 5.74. The molecule has 0 saturated heterocycles. The van der Waals surface area contributed by atoms with Crippen LogP contribution in [0.4, 0.5) is 11.4 Å². The van der Waals surface area contributed by atoms with Crippen molar-refractivity contribution in [3.63, 3.8) is 0 Å². The SMILES string of the molecule is Nc1ccc2c(c1)c1cc(N)ccc1n2-c1ccc(C(=O)O)cc1. The van der Waals surface area contributed by atoms with Crippen molar-refractivity contribution in [1.82, 2.24) is 4.57 Å². The Hall–Kier alpha value is -3.47. The van der Waals surface area contributed by atoms with Crippen LogP contribution in [-0.4, -0.2) is 15.6 Å². The molecule has 118 valence electrons. The highest BCUT2D eigenvalue weighted by Gasteiger charge is 2.13. The van der Waals surface area contributed by atoms with Crippen LogP contribution in [0.15, 0.2) is 60.7 Å². The molecule has 0 saturated carbocycles. The van der Waals surface area contributed by atoms with Gasteiger partial charge in [0, 0.05) is 27.8 Å². The van der Waals surface area contributed by atoms with Gasteiger partial charge in [-0.15, -0.1) is 0 Å². The second-order valence-electron chi connectivity index (χ2n) is 5.74. The van der Waals surface area contributed by atoms with Gasteiger partial charge in [0.15, 0.2) is 0 Å². The van der Waals surface area contributed by atoms with Gasteiger partial charge < -0.3 is 21.1 Å². The fourth-order valence-electron chi connectivity index (χ4n) is 3.09. The number of hydrogen-bond acceptors (Lipinski definition) is 3. The van der Waals surface area contributed by atoms with E-state index in [2.05, 4.69) is 4.57 Å². The van der Waals surface area contributed by atoms with Gasteiger partial charge in [-0.05, 0) is 60.7 Å². The molecule has 0 amide bonds. The third kappa shape index (κ3) is 2.06. The molecule has 5 nitrogen and oxygen atoms in total. The number of anilines is 2. The lowest BCUT2D eigenvalue weighted by atomic mass is 10.1. The molecule has 0 aliphatic carbocycles. The zero-order valence-corrected chi connectivity index (χ0v) is 12.7. The Balaban J connectivity index is 2.07. The number of nitrogens with two attached hydrogens (primary N) is 2. The predicted molar refractivity (Wildman–Crippen MR) is 96.6 cm³/mol. The Morgan fingerprint density at radius 2 is 1.29 bits per heavy atom. The molecule has 0 atom stereocenters. The van der Waals surface area contributed by atoms with Gasteiger partial charge in [-0.3, -0.25) is 0 Å². The number of aromatic carboxylic acids is 1. The average molecular weight is 317 g/mol. The lowest BCUT2D eigenvalue weighted by Crippen LogP contribution is -1.98. The van der Waals surface area contributed by atoms with E-state index in [1.54, 1.807) is 24.3 Å². The Kier molecular flexibility index (Phi) is 2.96. The normalized spacial score (nSPS) is 11.2. The molecule has 24 heavy (non-hydrogen) atoms. The number of benzene rings is 3. The first-order valence-corrected chi connectivity index (χ1v) is 7.47. The van der Waals surface area contributed by atoms with Gasteiger partial charge in [0.1, 0.15) is 0 Å². The first kappa shape index (κ1) is 14.1. The van der Waals surface area contributed by atoms with Crippen molar-refractivity contribution in [2.45, 2.75) is 0 Å². The Morgan fingerprint density at radius 1 is 0.792 bits per heavy atom. The van der Waals surface area contributed by atoms with E-state index in [0.29, 0.717) is 11.4 Å². The van der Waals surface area contributed by atoms with Crippen LogP contribution in [0.3, 0.4) is 0 Å². The summed E-state index contributed by atoms with van der Waals surface area (Å²) in [6, 6.07) is 18.3. The van der Waals surface area contributed by atoms with E-state index in [1.165, 1.54) is 0 Å². The van der Waals surface area contributed by atoms with Crippen LogP contribution < -0.4 is 11.5 Å². The number of carboxylic acids is 1. The van der Waals surface area contributed by atoms with Gasteiger partial charge >= 0.3 is 5.97 Å². The molecule has 0 fully saturated rings. The van der Waals surface area contributed by atoms with Gasteiger partial charge in [0.25, 0.3) is 0 Å². The minimum atomic E-state index is -0.940. The quantitative estimate of drug-likeness (QED) is 0.492. The van der Waals surface area contributed by atoms with Crippen molar-refractivity contribution in [2.24, 2.45) is 0 Å². The maximum atomic E-state index is 11.1. The van der Waals surface area contributed by atoms with E-state index in [0.717, 1.165) is 27.5 Å². The third-order valence-corrected chi connectivity index (χ3v) is 4.19. The Morgan fingerprint density at radius 3 is 1.75 bits per heavy atom. The molecule has 0 aliphatic rings. The van der Waals surface area contributed by atoms with E-state index in [-0.39, 0.29) is 5.56 Å². The molecule has 0 bridgehead atoms. The molecule has 5 N–H and O–H groups in total. The molecule has 4 aromatic rings. The van der Waals surface area contributed by atoms with Gasteiger partial charge in [-0.2, -0.15) is 0 Å². The van der Waals surface area contributed by atoms with Crippen LogP contribution in [0.2, 0.25) is 0 Å². The summed E-state index contributed by atoms with van der Waals surface area (Å²) in [5.74, 6) is -0.940. The minimum Gasteiger partial charge on any atom is -0.478 e. The zero-order valence-electron chi connectivity index (χ0n) is 12.7. The van der Waals surface area contributed by atoms with Crippen LogP contribution in [-0.2, 0) is 0 Å². The first-order valence-electron chi connectivity index (χ1n) is 7.47. The number of carboxylic acid groups (broad SMARTS) is 1. The van der Waals surface area contributed by atoms with Crippen LogP contribution in [0.25, 0.3) is 27.5 Å². The summed E-state index contributed by atoms with van der Waals surface area (Å²) in [6.07, 6.45) is 0. The average Bonchev–Trinajstić information content (AvgIpc) is 2.88. The van der Waals surface area contributed by atoms with Crippen molar-refractivity contribution in [2.75, 3.05) is 11.5 Å². The standard InChI is InChI=1S/C19H15N3O2/c20-12-3-7-17-15(9-12)16-10-13(21)4-8-18(16)22(17)14-5-1-11(2-6-14)19(23)24/h1-10H,20-21H2,(H,23,24). The van der Waals surface area contributed by atoms with E-state index in [4.69, 9.17) is 16.6 Å². The van der Waals surface area contributed by atoms with E-state index >= 15 is 0 Å². The molecule has 0 unspecified atom stereocenters. The molecule has 3 aromatic carbocycles. The number of hydrogen-bond donors (Lipinski definition) is 3. The largest absolute Gasteiger partial charge is 0.478 e. The minimum absolute atomic E-state index is 0.257. The summed E-state index contributed by atoms with van der Waals surface area (Å²) in [7, 11) is 0. The monoisotopic (exact) mass is 317 g/mol. The van der Waals surface area contributed by atoms with E-state index in [1.807, 2.05) is 36.4 Å². The molecule has 5 heteroatoms. The van der Waals surface area contributed by atoms with Gasteiger partial charge in [-0.25, -0.2) is 4.79 Å². The highest BCUT2D eigenvalue weighted by Crippen LogP contribution is 2.34. The third-order valence-electron chi connectivity index (χ3n) is 4.19. The molecule has 1 aromatic heterocycles. The number of nitrogens with zero attached hydrogens (tertiary/aromatic N) is 1. The van der Waals surface area contributed by atoms with E-state index in [9.17, 15) is 4.79 Å². The predicted octanol–water partition coefficient (Wildman–Crippen LogP) is 3.65. The molecule has 4 rings (SSSR count). The molecule has 0 aliphatic heterocycles. The van der Waals surface area contributed by atoms with Crippen LogP contribution in [0, 0.1) is 0 Å². The molecule has 0 radical (unpaired) electrons. The molecular formula is C19H15N3O2. The fourth-order valence-corrected chi connectivity index (χ4v) is 3.09. The number of nitrogen functional groups attached to an aromatic ring is 2. The van der Waals surface area contributed by atoms with E-state index < -0.39 is 5.97 Å². The first-order chi connectivity index (χ1) is 11.5. The number of aromatic nitrogens is 1. The summed E-state index contributed by atoms with van der Waals surface area (Å²) in [5, 5.41) is 11.1. The van der Waals surface area contributed by atoms with Crippen LogP contribution >= 0.6 is 0 Å². The van der Waals surface area contributed by atoms with Crippen LogP contribution in [0.5, 0.6) is 0 Å². The molecule has 0 spiro atoms. The van der Waals surface area contributed by atoms with Gasteiger partial charge in [-0.1, -0.05) is 0 Å².